The summed E-state index contributed by atoms with van der Waals surface area (Å²) in [5, 5.41) is 2.25. The van der Waals surface area contributed by atoms with Crippen LogP contribution in [-0.2, 0) is 0 Å². The summed E-state index contributed by atoms with van der Waals surface area (Å²) in [4.78, 5) is 31.1. The zero-order valence-electron chi connectivity index (χ0n) is 18.3. The Bertz CT molecular complexity index is 1410. The molecule has 1 aromatic heterocycles. The first kappa shape index (κ1) is 20.3. The van der Waals surface area contributed by atoms with Crippen LogP contribution < -0.4 is 10.2 Å². The second-order valence-electron chi connectivity index (χ2n) is 8.28. The van der Waals surface area contributed by atoms with Gasteiger partial charge in [0.05, 0.1) is 24.1 Å². The normalized spacial score (nSPS) is 15.7. The van der Waals surface area contributed by atoms with Gasteiger partial charge in [0.25, 0.3) is 5.91 Å². The van der Waals surface area contributed by atoms with Crippen LogP contribution in [0.15, 0.2) is 69.9 Å². The standard InChI is InChI=1S/C26H24N2O4/c1-27(2)14-15-28-22(18-10-6-7-11-20(18)31-3)21-23(29)19-13-12-16-8-4-5-9-17(16)24(19)32-25(21)26(28)30/h4-13,22H,14-15H2,1-3H3. The van der Waals surface area contributed by atoms with E-state index in [1.807, 2.05) is 73.6 Å². The molecule has 162 valence electrons. The van der Waals surface area contributed by atoms with E-state index in [1.54, 1.807) is 18.1 Å². The lowest BCUT2D eigenvalue weighted by atomic mass is 9.97. The van der Waals surface area contributed by atoms with Gasteiger partial charge in [0, 0.05) is 24.0 Å². The molecule has 0 spiro atoms. The minimum Gasteiger partial charge on any atom is -0.496 e. The molecule has 1 aliphatic heterocycles. The minimum atomic E-state index is -0.569. The van der Waals surface area contributed by atoms with Gasteiger partial charge in [-0.3, -0.25) is 9.59 Å². The van der Waals surface area contributed by atoms with E-state index in [1.165, 1.54) is 0 Å². The maximum Gasteiger partial charge on any atom is 0.290 e. The molecule has 0 fully saturated rings. The third kappa shape index (κ3) is 3.07. The lowest BCUT2D eigenvalue weighted by Crippen LogP contribution is -2.35. The van der Waals surface area contributed by atoms with Gasteiger partial charge in [-0.05, 0) is 31.6 Å². The monoisotopic (exact) mass is 428 g/mol. The molecule has 1 unspecified atom stereocenters. The lowest BCUT2D eigenvalue weighted by Gasteiger charge is -2.27. The SMILES string of the molecule is COc1ccccc1C1c2c(oc3c(ccc4ccccc43)c2=O)C(=O)N1CCN(C)C. The summed E-state index contributed by atoms with van der Waals surface area (Å²) in [5.41, 5.74) is 1.42. The molecular formula is C26H24N2O4. The summed E-state index contributed by atoms with van der Waals surface area (Å²) < 4.78 is 11.8. The molecule has 0 aliphatic carbocycles. The third-order valence-corrected chi connectivity index (χ3v) is 6.08. The van der Waals surface area contributed by atoms with E-state index < -0.39 is 6.04 Å². The zero-order valence-corrected chi connectivity index (χ0v) is 18.3. The number of fused-ring (bicyclic) bond motifs is 4. The number of likely N-dealkylation sites (N-methyl/N-ethyl adjacent to an activating group) is 1. The number of amides is 1. The largest absolute Gasteiger partial charge is 0.496 e. The molecule has 0 saturated heterocycles. The van der Waals surface area contributed by atoms with Crippen molar-refractivity contribution in [1.82, 2.24) is 9.80 Å². The van der Waals surface area contributed by atoms with Gasteiger partial charge >= 0.3 is 0 Å². The van der Waals surface area contributed by atoms with Crippen molar-refractivity contribution in [2.75, 3.05) is 34.3 Å². The summed E-state index contributed by atoms with van der Waals surface area (Å²) >= 11 is 0. The van der Waals surface area contributed by atoms with Crippen LogP contribution in [0.4, 0.5) is 0 Å². The Labute approximate surface area is 185 Å². The van der Waals surface area contributed by atoms with E-state index in [0.29, 0.717) is 35.4 Å². The first-order valence-corrected chi connectivity index (χ1v) is 10.6. The van der Waals surface area contributed by atoms with Crippen molar-refractivity contribution in [3.8, 4) is 5.75 Å². The van der Waals surface area contributed by atoms with Crippen molar-refractivity contribution in [2.45, 2.75) is 6.04 Å². The van der Waals surface area contributed by atoms with Gasteiger partial charge in [-0.15, -0.1) is 0 Å². The Morgan fingerprint density at radius 1 is 0.969 bits per heavy atom. The van der Waals surface area contributed by atoms with Crippen molar-refractivity contribution in [3.63, 3.8) is 0 Å². The highest BCUT2D eigenvalue weighted by molar-refractivity contribution is 6.06. The van der Waals surface area contributed by atoms with Crippen molar-refractivity contribution >= 4 is 27.6 Å². The minimum absolute atomic E-state index is 0.119. The molecular weight excluding hydrogens is 404 g/mol. The van der Waals surface area contributed by atoms with Crippen molar-refractivity contribution in [1.29, 1.82) is 0 Å². The molecule has 0 N–H and O–H groups in total. The predicted molar refractivity (Wildman–Crippen MR) is 124 cm³/mol. The molecule has 0 saturated carbocycles. The van der Waals surface area contributed by atoms with E-state index in [2.05, 4.69) is 0 Å². The molecule has 1 amide bonds. The van der Waals surface area contributed by atoms with E-state index in [9.17, 15) is 9.59 Å². The van der Waals surface area contributed by atoms with Crippen LogP contribution in [0.3, 0.4) is 0 Å². The summed E-state index contributed by atoms with van der Waals surface area (Å²) in [6.07, 6.45) is 0. The molecule has 6 heteroatoms. The number of hydrogen-bond donors (Lipinski definition) is 0. The molecule has 1 atom stereocenters. The first-order valence-electron chi connectivity index (χ1n) is 10.6. The van der Waals surface area contributed by atoms with Gasteiger partial charge in [-0.2, -0.15) is 0 Å². The molecule has 0 radical (unpaired) electrons. The van der Waals surface area contributed by atoms with Gasteiger partial charge in [-0.1, -0.05) is 48.5 Å². The molecule has 4 aromatic rings. The Kier molecular flexibility index (Phi) is 4.94. The quantitative estimate of drug-likeness (QED) is 0.449. The summed E-state index contributed by atoms with van der Waals surface area (Å²) in [5.74, 6) is 0.476. The lowest BCUT2D eigenvalue weighted by molar-refractivity contribution is 0.0715. The highest BCUT2D eigenvalue weighted by Gasteiger charge is 2.43. The molecule has 3 aromatic carbocycles. The average Bonchev–Trinajstić information content (AvgIpc) is 3.09. The number of benzene rings is 3. The summed E-state index contributed by atoms with van der Waals surface area (Å²) in [6, 6.07) is 18.4. The number of ether oxygens (including phenoxy) is 1. The molecule has 2 heterocycles. The highest BCUT2D eigenvalue weighted by Crippen LogP contribution is 2.41. The number of nitrogens with zero attached hydrogens (tertiary/aromatic N) is 2. The number of para-hydroxylation sites is 1. The number of rotatable bonds is 5. The van der Waals surface area contributed by atoms with Crippen LogP contribution in [-0.4, -0.2) is 50.0 Å². The number of carbonyl (C=O) groups excluding carboxylic acids is 1. The third-order valence-electron chi connectivity index (χ3n) is 6.08. The van der Waals surface area contributed by atoms with Crippen LogP contribution in [0.25, 0.3) is 21.7 Å². The number of carbonyl (C=O) groups is 1. The maximum absolute atomic E-state index is 13.8. The van der Waals surface area contributed by atoms with Gasteiger partial charge < -0.3 is 19.0 Å². The summed E-state index contributed by atoms with van der Waals surface area (Å²) in [7, 11) is 5.50. The fourth-order valence-electron chi connectivity index (χ4n) is 4.50. The Morgan fingerprint density at radius 2 is 1.72 bits per heavy atom. The Hall–Kier alpha value is -3.64. The predicted octanol–water partition coefficient (Wildman–Crippen LogP) is 4.06. The first-order chi connectivity index (χ1) is 15.5. The summed E-state index contributed by atoms with van der Waals surface area (Å²) in [6.45, 7) is 1.11. The Balaban J connectivity index is 1.80. The van der Waals surface area contributed by atoms with Crippen molar-refractivity contribution < 1.29 is 13.9 Å². The van der Waals surface area contributed by atoms with E-state index in [0.717, 1.165) is 16.3 Å². The number of methoxy groups -OCH3 is 1. The molecule has 6 nitrogen and oxygen atoms in total. The topological polar surface area (TPSA) is 63.0 Å². The van der Waals surface area contributed by atoms with Crippen molar-refractivity contribution in [2.24, 2.45) is 0 Å². The molecule has 0 bridgehead atoms. The van der Waals surface area contributed by atoms with Crippen LogP contribution in [0.5, 0.6) is 5.75 Å². The van der Waals surface area contributed by atoms with Crippen LogP contribution in [0.1, 0.15) is 27.7 Å². The van der Waals surface area contributed by atoms with Gasteiger partial charge in [0.15, 0.2) is 5.43 Å². The number of hydrogen-bond acceptors (Lipinski definition) is 5. The van der Waals surface area contributed by atoms with E-state index in [-0.39, 0.29) is 17.1 Å². The van der Waals surface area contributed by atoms with Gasteiger partial charge in [-0.25, -0.2) is 0 Å². The van der Waals surface area contributed by atoms with E-state index >= 15 is 0 Å². The highest BCUT2D eigenvalue weighted by atomic mass is 16.5. The molecule has 1 aliphatic rings. The van der Waals surface area contributed by atoms with Gasteiger partial charge in [0.1, 0.15) is 11.3 Å². The second kappa shape index (κ2) is 7.80. The molecule has 32 heavy (non-hydrogen) atoms. The average molecular weight is 428 g/mol. The molecule has 5 rings (SSSR count). The fourth-order valence-corrected chi connectivity index (χ4v) is 4.50. The van der Waals surface area contributed by atoms with Crippen LogP contribution >= 0.6 is 0 Å². The van der Waals surface area contributed by atoms with Crippen LogP contribution in [0.2, 0.25) is 0 Å². The fraction of sp³-hybridized carbons (Fsp3) is 0.231. The van der Waals surface area contributed by atoms with Crippen molar-refractivity contribution in [3.05, 3.63) is 87.8 Å². The van der Waals surface area contributed by atoms with Crippen LogP contribution in [0, 0.1) is 0 Å². The maximum atomic E-state index is 13.8. The van der Waals surface area contributed by atoms with Gasteiger partial charge in [0.2, 0.25) is 5.76 Å². The smallest absolute Gasteiger partial charge is 0.290 e. The van der Waals surface area contributed by atoms with E-state index in [4.69, 9.17) is 9.15 Å². The zero-order chi connectivity index (χ0) is 22.4. The Morgan fingerprint density at radius 3 is 2.50 bits per heavy atom. The second-order valence-corrected chi connectivity index (χ2v) is 8.28.